The van der Waals surface area contributed by atoms with Gasteiger partial charge in [-0.15, -0.1) is 10.2 Å². The third-order valence-electron chi connectivity index (χ3n) is 3.35. The molecule has 0 radical (unpaired) electrons. The van der Waals surface area contributed by atoms with Gasteiger partial charge in [0.05, 0.1) is 18.0 Å². The van der Waals surface area contributed by atoms with E-state index in [1.165, 1.54) is 11.8 Å². The van der Waals surface area contributed by atoms with Gasteiger partial charge in [0.25, 0.3) is 0 Å². The first-order valence-corrected chi connectivity index (χ1v) is 8.45. The van der Waals surface area contributed by atoms with Crippen molar-refractivity contribution >= 4 is 40.6 Å². The van der Waals surface area contributed by atoms with Gasteiger partial charge in [-0.05, 0) is 37.3 Å². The van der Waals surface area contributed by atoms with Crippen molar-refractivity contribution in [2.24, 2.45) is 0 Å². The number of aromatic nitrogens is 3. The summed E-state index contributed by atoms with van der Waals surface area (Å²) in [6.07, 6.45) is 1.86. The lowest BCUT2D eigenvalue weighted by atomic mass is 10.3. The molecule has 3 aromatic rings. The molecule has 1 amide bonds. The summed E-state index contributed by atoms with van der Waals surface area (Å²) < 4.78 is 7.08. The number of pyridine rings is 1. The number of anilines is 1. The van der Waals surface area contributed by atoms with E-state index in [2.05, 4.69) is 15.5 Å². The van der Waals surface area contributed by atoms with Crippen LogP contribution in [0.5, 0.6) is 5.75 Å². The minimum Gasteiger partial charge on any atom is -0.495 e. The van der Waals surface area contributed by atoms with Crippen molar-refractivity contribution < 1.29 is 9.53 Å². The molecule has 3 rings (SSSR count). The van der Waals surface area contributed by atoms with E-state index >= 15 is 0 Å². The fourth-order valence-corrected chi connectivity index (χ4v) is 3.13. The summed E-state index contributed by atoms with van der Waals surface area (Å²) in [5, 5.41) is 11.8. The molecule has 6 nitrogen and oxygen atoms in total. The molecule has 124 valence electrons. The second-order valence-electron chi connectivity index (χ2n) is 5.01. The number of carbonyl (C=O) groups is 1. The van der Waals surface area contributed by atoms with Crippen LogP contribution in [-0.2, 0) is 4.79 Å². The first-order valence-electron chi connectivity index (χ1n) is 7.19. The third kappa shape index (κ3) is 3.47. The van der Waals surface area contributed by atoms with Crippen LogP contribution in [0.25, 0.3) is 5.65 Å². The molecular formula is C16H15ClN4O2S. The average molecular weight is 363 g/mol. The number of benzene rings is 1. The minimum atomic E-state index is -0.374. The Morgan fingerprint density at radius 3 is 2.96 bits per heavy atom. The Morgan fingerprint density at radius 1 is 1.33 bits per heavy atom. The van der Waals surface area contributed by atoms with E-state index in [9.17, 15) is 4.79 Å². The van der Waals surface area contributed by atoms with E-state index in [1.807, 2.05) is 28.8 Å². The predicted molar refractivity (Wildman–Crippen MR) is 94.9 cm³/mol. The zero-order valence-corrected chi connectivity index (χ0v) is 14.6. The van der Waals surface area contributed by atoms with Gasteiger partial charge in [0.15, 0.2) is 10.8 Å². The molecule has 1 N–H and O–H groups in total. The van der Waals surface area contributed by atoms with Crippen LogP contribution in [0.1, 0.15) is 6.92 Å². The summed E-state index contributed by atoms with van der Waals surface area (Å²) in [4.78, 5) is 12.5. The molecule has 0 fully saturated rings. The van der Waals surface area contributed by atoms with Gasteiger partial charge in [0.2, 0.25) is 5.91 Å². The van der Waals surface area contributed by atoms with Crippen LogP contribution in [-0.4, -0.2) is 32.9 Å². The molecule has 1 unspecified atom stereocenters. The van der Waals surface area contributed by atoms with Crippen molar-refractivity contribution in [2.45, 2.75) is 17.3 Å². The Hall–Kier alpha value is -2.25. The molecule has 0 spiro atoms. The molecule has 0 bridgehead atoms. The fourth-order valence-electron chi connectivity index (χ4n) is 2.12. The van der Waals surface area contributed by atoms with Gasteiger partial charge < -0.3 is 10.1 Å². The lowest BCUT2D eigenvalue weighted by Crippen LogP contribution is -2.23. The molecule has 1 aromatic carbocycles. The Morgan fingerprint density at radius 2 is 2.17 bits per heavy atom. The molecule has 24 heavy (non-hydrogen) atoms. The van der Waals surface area contributed by atoms with Crippen LogP contribution in [0.3, 0.4) is 0 Å². The second-order valence-corrected chi connectivity index (χ2v) is 6.75. The monoisotopic (exact) mass is 362 g/mol. The zero-order chi connectivity index (χ0) is 17.1. The quantitative estimate of drug-likeness (QED) is 0.703. The highest BCUT2D eigenvalue weighted by atomic mass is 35.5. The highest BCUT2D eigenvalue weighted by Gasteiger charge is 2.19. The topological polar surface area (TPSA) is 68.5 Å². The summed E-state index contributed by atoms with van der Waals surface area (Å²) >= 11 is 7.31. The van der Waals surface area contributed by atoms with Crippen LogP contribution in [0, 0.1) is 0 Å². The van der Waals surface area contributed by atoms with Crippen LogP contribution in [0.15, 0.2) is 47.8 Å². The maximum atomic E-state index is 12.5. The fraction of sp³-hybridized carbons (Fsp3) is 0.188. The summed E-state index contributed by atoms with van der Waals surface area (Å²) in [7, 11) is 1.54. The molecular weight excluding hydrogens is 348 g/mol. The Kier molecular flexibility index (Phi) is 4.92. The number of rotatable bonds is 5. The zero-order valence-electron chi connectivity index (χ0n) is 13.1. The highest BCUT2D eigenvalue weighted by Crippen LogP contribution is 2.29. The SMILES string of the molecule is COc1ccc(Cl)cc1NC(=O)C(C)Sc1nnc2ccccn12. The number of hydrogen-bond donors (Lipinski definition) is 1. The molecule has 1 atom stereocenters. The van der Waals surface area contributed by atoms with E-state index in [4.69, 9.17) is 16.3 Å². The molecule has 0 saturated heterocycles. The molecule has 2 aromatic heterocycles. The summed E-state index contributed by atoms with van der Waals surface area (Å²) in [5.74, 6) is 0.381. The summed E-state index contributed by atoms with van der Waals surface area (Å²) in [5.41, 5.74) is 1.28. The van der Waals surface area contributed by atoms with Gasteiger partial charge in [0, 0.05) is 11.2 Å². The Balaban J connectivity index is 1.74. The van der Waals surface area contributed by atoms with Crippen molar-refractivity contribution in [3.63, 3.8) is 0 Å². The number of ether oxygens (including phenoxy) is 1. The van der Waals surface area contributed by atoms with E-state index in [0.717, 1.165) is 5.65 Å². The Labute approximate surface area is 148 Å². The van der Waals surface area contributed by atoms with Gasteiger partial charge >= 0.3 is 0 Å². The molecule has 0 aliphatic heterocycles. The van der Waals surface area contributed by atoms with Crippen molar-refractivity contribution in [3.05, 3.63) is 47.6 Å². The maximum absolute atomic E-state index is 12.5. The number of methoxy groups -OCH3 is 1. The number of carbonyl (C=O) groups excluding carboxylic acids is 1. The summed E-state index contributed by atoms with van der Waals surface area (Å²) in [6.45, 7) is 1.81. The number of amides is 1. The number of nitrogens with one attached hydrogen (secondary N) is 1. The molecule has 8 heteroatoms. The number of fused-ring (bicyclic) bond motifs is 1. The van der Waals surface area contributed by atoms with Crippen molar-refractivity contribution in [3.8, 4) is 5.75 Å². The number of halogens is 1. The lowest BCUT2D eigenvalue weighted by Gasteiger charge is -2.13. The smallest absolute Gasteiger partial charge is 0.237 e. The second kappa shape index (κ2) is 7.11. The number of hydrogen-bond acceptors (Lipinski definition) is 5. The highest BCUT2D eigenvalue weighted by molar-refractivity contribution is 8.00. The third-order valence-corrected chi connectivity index (χ3v) is 4.65. The standard InChI is InChI=1S/C16H15ClN4O2S/c1-10(24-16-20-19-14-5-3-4-8-21(14)16)15(22)18-12-9-11(17)6-7-13(12)23-2/h3-10H,1-2H3,(H,18,22). The largest absolute Gasteiger partial charge is 0.495 e. The first-order chi connectivity index (χ1) is 11.6. The van der Waals surface area contributed by atoms with Gasteiger partial charge in [-0.25, -0.2) is 0 Å². The van der Waals surface area contributed by atoms with Gasteiger partial charge in [-0.3, -0.25) is 9.20 Å². The van der Waals surface area contributed by atoms with E-state index in [0.29, 0.717) is 21.6 Å². The average Bonchev–Trinajstić information content (AvgIpc) is 2.98. The number of thioether (sulfide) groups is 1. The maximum Gasteiger partial charge on any atom is 0.237 e. The normalized spacial score (nSPS) is 12.1. The van der Waals surface area contributed by atoms with Crippen LogP contribution < -0.4 is 10.1 Å². The Bertz CT molecular complexity index is 883. The van der Waals surface area contributed by atoms with E-state index in [-0.39, 0.29) is 11.2 Å². The molecule has 0 aliphatic rings. The summed E-state index contributed by atoms with van der Waals surface area (Å²) in [6, 6.07) is 10.7. The molecule has 0 aliphatic carbocycles. The van der Waals surface area contributed by atoms with Crippen LogP contribution in [0.4, 0.5) is 5.69 Å². The lowest BCUT2D eigenvalue weighted by molar-refractivity contribution is -0.115. The van der Waals surface area contributed by atoms with Crippen molar-refractivity contribution in [1.82, 2.24) is 14.6 Å². The van der Waals surface area contributed by atoms with Gasteiger partial charge in [-0.2, -0.15) is 0 Å². The van der Waals surface area contributed by atoms with E-state index < -0.39 is 0 Å². The molecule has 2 heterocycles. The van der Waals surface area contributed by atoms with Crippen molar-refractivity contribution in [2.75, 3.05) is 12.4 Å². The van der Waals surface area contributed by atoms with Gasteiger partial charge in [-0.1, -0.05) is 29.4 Å². The minimum absolute atomic E-state index is 0.173. The van der Waals surface area contributed by atoms with Crippen molar-refractivity contribution in [1.29, 1.82) is 0 Å². The first kappa shape index (κ1) is 16.6. The number of nitrogens with zero attached hydrogens (tertiary/aromatic N) is 3. The predicted octanol–water partition coefficient (Wildman–Crippen LogP) is 3.51. The molecule has 0 saturated carbocycles. The van der Waals surface area contributed by atoms with Crippen LogP contribution >= 0.6 is 23.4 Å². The van der Waals surface area contributed by atoms with E-state index in [1.54, 1.807) is 32.2 Å². The van der Waals surface area contributed by atoms with Crippen LogP contribution in [0.2, 0.25) is 5.02 Å². The van der Waals surface area contributed by atoms with Gasteiger partial charge in [0.1, 0.15) is 5.75 Å².